The molecule has 2 atom stereocenters. The molecule has 11 heteroatoms. The van der Waals surface area contributed by atoms with E-state index < -0.39 is 0 Å². The molecular weight excluding hydrogens is 565 g/mol. The molecule has 0 bridgehead atoms. The number of hydrogen-bond donors (Lipinski definition) is 0. The molecule has 0 aliphatic carbocycles. The van der Waals surface area contributed by atoms with Crippen molar-refractivity contribution in [3.05, 3.63) is 47.4 Å². The minimum absolute atomic E-state index is 0.0443. The fraction of sp³-hybridized carbons (Fsp3) is 0.481. The lowest BCUT2D eigenvalue weighted by Crippen LogP contribution is -2.18. The normalized spacial score (nSPS) is 28.5. The van der Waals surface area contributed by atoms with Crippen LogP contribution in [0.2, 0.25) is 0 Å². The van der Waals surface area contributed by atoms with E-state index in [1.807, 2.05) is 11.8 Å². The van der Waals surface area contributed by atoms with Crippen LogP contribution in [0.3, 0.4) is 0 Å². The summed E-state index contributed by atoms with van der Waals surface area (Å²) in [5, 5.41) is 0.195. The van der Waals surface area contributed by atoms with Gasteiger partial charge < -0.3 is 33.2 Å². The van der Waals surface area contributed by atoms with E-state index in [2.05, 4.69) is 13.8 Å². The molecule has 200 valence electrons. The van der Waals surface area contributed by atoms with Gasteiger partial charge in [-0.3, -0.25) is 0 Å². The van der Waals surface area contributed by atoms with Crippen molar-refractivity contribution in [3.8, 4) is 17.2 Å². The Bertz CT molecular complexity index is 1530. The van der Waals surface area contributed by atoms with E-state index in [1.165, 1.54) is 15.0 Å². The standard InChI is InChI=1S/C27H26O7S4/c1-12-15-18(31-8-6-29-15)24(35-12)22-14-4-3-5-28-17(14)23(37-22)26-20-21(34-11-10-33-20)27(38-26)25-19-16(13(2)36-25)30-7-9-32-19/h12,27H,3-11H2,1-2H3/b24-22+,26-23+. The first kappa shape index (κ1) is 23.8. The van der Waals surface area contributed by atoms with Crippen LogP contribution >= 0.6 is 46.2 Å². The van der Waals surface area contributed by atoms with Gasteiger partial charge in [-0.25, -0.2) is 0 Å². The predicted molar refractivity (Wildman–Crippen MR) is 149 cm³/mol. The van der Waals surface area contributed by atoms with Gasteiger partial charge in [0.2, 0.25) is 0 Å². The first-order valence-electron chi connectivity index (χ1n) is 12.9. The highest BCUT2D eigenvalue weighted by molar-refractivity contribution is 8.09. The predicted octanol–water partition coefficient (Wildman–Crippen LogP) is 4.57. The molecule has 0 amide bonds. The molecule has 0 saturated heterocycles. The number of rotatable bonds is 1. The Morgan fingerprint density at radius 1 is 0.632 bits per heavy atom. The van der Waals surface area contributed by atoms with Gasteiger partial charge in [0.05, 0.1) is 35.6 Å². The monoisotopic (exact) mass is 590 g/mol. The summed E-state index contributed by atoms with van der Waals surface area (Å²) in [4.78, 5) is 4.51. The number of fused-ring (bicyclic) bond motifs is 2. The Morgan fingerprint density at radius 3 is 2.13 bits per heavy atom. The molecule has 0 spiro atoms. The lowest BCUT2D eigenvalue weighted by molar-refractivity contribution is 0.0703. The summed E-state index contributed by atoms with van der Waals surface area (Å²) in [7, 11) is 0. The molecule has 8 rings (SSSR count). The highest BCUT2D eigenvalue weighted by atomic mass is 32.2. The molecule has 0 N–H and O–H groups in total. The van der Waals surface area contributed by atoms with E-state index in [4.69, 9.17) is 33.2 Å². The van der Waals surface area contributed by atoms with Crippen molar-refractivity contribution in [1.82, 2.24) is 0 Å². The van der Waals surface area contributed by atoms with Crippen LogP contribution in [0.15, 0.2) is 23.0 Å². The number of ether oxygens (including phenoxy) is 7. The van der Waals surface area contributed by atoms with E-state index in [0.717, 1.165) is 78.9 Å². The summed E-state index contributed by atoms with van der Waals surface area (Å²) in [6.07, 6.45) is 1.99. The largest absolute Gasteiger partial charge is 0.492 e. The summed E-state index contributed by atoms with van der Waals surface area (Å²) < 4.78 is 45.6. The summed E-state index contributed by atoms with van der Waals surface area (Å²) >= 11 is 7.10. The molecule has 38 heavy (non-hydrogen) atoms. The zero-order valence-electron chi connectivity index (χ0n) is 21.0. The Hall–Kier alpha value is -2.08. The maximum Gasteiger partial charge on any atom is 0.177 e. The Labute approximate surface area is 236 Å². The van der Waals surface area contributed by atoms with Crippen LogP contribution in [0.4, 0.5) is 0 Å². The quantitative estimate of drug-likeness (QED) is 0.475. The number of hydrogen-bond acceptors (Lipinski definition) is 11. The molecule has 0 aromatic carbocycles. The Kier molecular flexibility index (Phi) is 5.79. The molecule has 0 saturated carbocycles. The maximum absolute atomic E-state index is 6.39. The smallest absolute Gasteiger partial charge is 0.177 e. The molecule has 6 aliphatic heterocycles. The maximum atomic E-state index is 6.39. The zero-order chi connectivity index (χ0) is 25.4. The molecule has 7 nitrogen and oxygen atoms in total. The fourth-order valence-electron chi connectivity index (χ4n) is 5.59. The first-order chi connectivity index (χ1) is 18.7. The second-order valence-corrected chi connectivity index (χ2v) is 14.3. The molecule has 6 aliphatic rings. The van der Waals surface area contributed by atoms with Gasteiger partial charge in [-0.2, -0.15) is 0 Å². The SMILES string of the molecule is Cc1sc(C2S/C(=c3/s/c(=C4/SC(C)C5=C4OCCO5)c4c3OCCC4)C3=C2OCCO3)c2c1OCCO2. The molecule has 2 aromatic heterocycles. The first-order valence-corrected chi connectivity index (χ1v) is 16.3. The lowest BCUT2D eigenvalue weighted by Gasteiger charge is -2.21. The summed E-state index contributed by atoms with van der Waals surface area (Å²) in [6.45, 7) is 8.39. The Morgan fingerprint density at radius 2 is 1.29 bits per heavy atom. The second kappa shape index (κ2) is 9.25. The van der Waals surface area contributed by atoms with E-state index in [1.54, 1.807) is 34.4 Å². The van der Waals surface area contributed by atoms with Crippen molar-refractivity contribution in [2.75, 3.05) is 46.2 Å². The van der Waals surface area contributed by atoms with Crippen LogP contribution in [0.5, 0.6) is 17.2 Å². The third-order valence-electron chi connectivity index (χ3n) is 7.19. The molecular formula is C27H26O7S4. The average Bonchev–Trinajstić information content (AvgIpc) is 3.70. The molecule has 8 heterocycles. The van der Waals surface area contributed by atoms with Crippen LogP contribution in [0.1, 0.15) is 33.9 Å². The third-order valence-corrected chi connectivity index (χ3v) is 12.5. The van der Waals surface area contributed by atoms with Crippen LogP contribution in [0.25, 0.3) is 9.81 Å². The van der Waals surface area contributed by atoms with Crippen molar-refractivity contribution in [1.29, 1.82) is 0 Å². The van der Waals surface area contributed by atoms with Gasteiger partial charge in [0.15, 0.2) is 34.5 Å². The topological polar surface area (TPSA) is 64.6 Å². The van der Waals surface area contributed by atoms with E-state index in [0.29, 0.717) is 39.6 Å². The van der Waals surface area contributed by atoms with Crippen LogP contribution < -0.4 is 23.3 Å². The van der Waals surface area contributed by atoms with E-state index >= 15 is 0 Å². The van der Waals surface area contributed by atoms with Crippen LogP contribution in [-0.4, -0.2) is 51.5 Å². The zero-order valence-corrected chi connectivity index (χ0v) is 24.3. The third kappa shape index (κ3) is 3.54. The summed E-state index contributed by atoms with van der Waals surface area (Å²) in [6, 6.07) is 0. The van der Waals surface area contributed by atoms with Crippen molar-refractivity contribution < 1.29 is 33.2 Å². The molecule has 0 radical (unpaired) electrons. The average molecular weight is 591 g/mol. The Balaban J connectivity index is 1.33. The van der Waals surface area contributed by atoms with Crippen molar-refractivity contribution in [3.63, 3.8) is 0 Å². The highest BCUT2D eigenvalue weighted by Gasteiger charge is 2.43. The minimum atomic E-state index is -0.0443. The lowest BCUT2D eigenvalue weighted by atomic mass is 10.1. The van der Waals surface area contributed by atoms with Gasteiger partial charge in [-0.05, 0) is 26.7 Å². The minimum Gasteiger partial charge on any atom is -0.492 e. The fourth-order valence-corrected chi connectivity index (χ4v) is 10.9. The molecule has 0 fully saturated rings. The van der Waals surface area contributed by atoms with Crippen LogP contribution in [0, 0.1) is 6.92 Å². The number of thioether (sulfide) groups is 2. The van der Waals surface area contributed by atoms with E-state index in [9.17, 15) is 0 Å². The number of thiophene rings is 2. The van der Waals surface area contributed by atoms with E-state index in [-0.39, 0.29) is 10.5 Å². The summed E-state index contributed by atoms with van der Waals surface area (Å²) in [5.41, 5.74) is 1.27. The van der Waals surface area contributed by atoms with Crippen molar-refractivity contribution in [2.45, 2.75) is 37.2 Å². The highest BCUT2D eigenvalue weighted by Crippen LogP contribution is 2.60. The van der Waals surface area contributed by atoms with Gasteiger partial charge in [-0.1, -0.05) is 0 Å². The molecule has 2 aromatic rings. The summed E-state index contributed by atoms with van der Waals surface area (Å²) in [5.74, 6) is 6.29. The van der Waals surface area contributed by atoms with Crippen LogP contribution in [-0.2, 0) is 25.4 Å². The van der Waals surface area contributed by atoms with Gasteiger partial charge in [-0.15, -0.1) is 46.2 Å². The van der Waals surface area contributed by atoms with Gasteiger partial charge in [0, 0.05) is 10.4 Å². The van der Waals surface area contributed by atoms with Crippen molar-refractivity contribution in [2.24, 2.45) is 0 Å². The second-order valence-electron chi connectivity index (χ2n) is 9.59. The van der Waals surface area contributed by atoms with Gasteiger partial charge in [0.1, 0.15) is 50.6 Å². The van der Waals surface area contributed by atoms with Crippen molar-refractivity contribution >= 4 is 56.0 Å². The molecule has 2 unspecified atom stereocenters. The van der Waals surface area contributed by atoms with Gasteiger partial charge in [0.25, 0.3) is 0 Å². The number of aryl methyl sites for hydroxylation is 1. The van der Waals surface area contributed by atoms with Gasteiger partial charge >= 0.3 is 0 Å².